The zero-order valence-electron chi connectivity index (χ0n) is 9.88. The Labute approximate surface area is 95.3 Å². The molecule has 5 heteroatoms. The summed E-state index contributed by atoms with van der Waals surface area (Å²) in [6.45, 7) is 6.32. The van der Waals surface area contributed by atoms with E-state index in [4.69, 9.17) is 4.74 Å². The first-order chi connectivity index (χ1) is 7.76. The summed E-state index contributed by atoms with van der Waals surface area (Å²) in [6.07, 6.45) is 1.80. The van der Waals surface area contributed by atoms with E-state index in [0.717, 1.165) is 19.5 Å². The van der Waals surface area contributed by atoms with E-state index < -0.39 is 0 Å². The molecule has 0 amide bonds. The third kappa shape index (κ3) is 4.44. The molecule has 0 saturated carbocycles. The second kappa shape index (κ2) is 7.00. The van der Waals surface area contributed by atoms with E-state index in [9.17, 15) is 4.79 Å². The highest BCUT2D eigenvalue weighted by molar-refractivity contribution is 5.08. The first kappa shape index (κ1) is 12.7. The van der Waals surface area contributed by atoms with Crippen LogP contribution < -0.4 is 15.6 Å². The SMILES string of the molecule is CCCNCCOc1cc(=O)[nH]c(CC)n1. The van der Waals surface area contributed by atoms with Crippen LogP contribution in [0.2, 0.25) is 0 Å². The van der Waals surface area contributed by atoms with Gasteiger partial charge in [-0.3, -0.25) is 4.79 Å². The lowest BCUT2D eigenvalue weighted by molar-refractivity contribution is 0.300. The monoisotopic (exact) mass is 225 g/mol. The molecule has 0 bridgehead atoms. The van der Waals surface area contributed by atoms with Crippen LogP contribution in [0.3, 0.4) is 0 Å². The molecule has 5 nitrogen and oxygen atoms in total. The van der Waals surface area contributed by atoms with Crippen LogP contribution in [-0.2, 0) is 6.42 Å². The van der Waals surface area contributed by atoms with Gasteiger partial charge in [0.25, 0.3) is 5.56 Å². The highest BCUT2D eigenvalue weighted by Crippen LogP contribution is 2.01. The highest BCUT2D eigenvalue weighted by atomic mass is 16.5. The number of rotatable bonds is 7. The van der Waals surface area contributed by atoms with Crippen LogP contribution in [0.15, 0.2) is 10.9 Å². The first-order valence-corrected chi connectivity index (χ1v) is 5.70. The molecule has 0 aliphatic carbocycles. The number of aromatic nitrogens is 2. The van der Waals surface area contributed by atoms with Gasteiger partial charge in [-0.1, -0.05) is 13.8 Å². The second-order valence-corrected chi connectivity index (χ2v) is 3.48. The van der Waals surface area contributed by atoms with Gasteiger partial charge in [-0.05, 0) is 13.0 Å². The molecule has 1 rings (SSSR count). The van der Waals surface area contributed by atoms with Crippen LogP contribution in [0.1, 0.15) is 26.1 Å². The van der Waals surface area contributed by atoms with Crippen LogP contribution in [0, 0.1) is 0 Å². The maximum absolute atomic E-state index is 11.2. The Bertz CT molecular complexity index is 362. The summed E-state index contributed by atoms with van der Waals surface area (Å²) >= 11 is 0. The van der Waals surface area contributed by atoms with Crippen molar-refractivity contribution >= 4 is 0 Å². The van der Waals surface area contributed by atoms with E-state index in [-0.39, 0.29) is 5.56 Å². The van der Waals surface area contributed by atoms with E-state index in [1.165, 1.54) is 6.07 Å². The fourth-order valence-electron chi connectivity index (χ4n) is 1.25. The molecule has 0 radical (unpaired) electrons. The Kier molecular flexibility index (Phi) is 5.56. The third-order valence-electron chi connectivity index (χ3n) is 2.06. The van der Waals surface area contributed by atoms with Crippen LogP contribution >= 0.6 is 0 Å². The highest BCUT2D eigenvalue weighted by Gasteiger charge is 2.00. The van der Waals surface area contributed by atoms with Crippen molar-refractivity contribution in [1.29, 1.82) is 0 Å². The molecule has 16 heavy (non-hydrogen) atoms. The minimum absolute atomic E-state index is 0.164. The molecule has 0 unspecified atom stereocenters. The lowest BCUT2D eigenvalue weighted by Crippen LogP contribution is -2.22. The number of nitrogens with one attached hydrogen (secondary N) is 2. The number of ether oxygens (including phenoxy) is 1. The third-order valence-corrected chi connectivity index (χ3v) is 2.06. The minimum Gasteiger partial charge on any atom is -0.476 e. The topological polar surface area (TPSA) is 67.0 Å². The molecule has 90 valence electrons. The second-order valence-electron chi connectivity index (χ2n) is 3.48. The molecule has 0 aliphatic heterocycles. The van der Waals surface area contributed by atoms with Gasteiger partial charge < -0.3 is 15.0 Å². The summed E-state index contributed by atoms with van der Waals surface area (Å²) < 4.78 is 5.38. The van der Waals surface area contributed by atoms with Crippen molar-refractivity contribution in [3.8, 4) is 5.88 Å². The van der Waals surface area contributed by atoms with E-state index in [0.29, 0.717) is 24.7 Å². The summed E-state index contributed by atoms with van der Waals surface area (Å²) in [4.78, 5) is 18.0. The average Bonchev–Trinajstić information content (AvgIpc) is 2.28. The van der Waals surface area contributed by atoms with Crippen LogP contribution in [0.4, 0.5) is 0 Å². The van der Waals surface area contributed by atoms with Crippen molar-refractivity contribution in [1.82, 2.24) is 15.3 Å². The van der Waals surface area contributed by atoms with Gasteiger partial charge in [0, 0.05) is 13.0 Å². The van der Waals surface area contributed by atoms with Gasteiger partial charge in [0.05, 0.1) is 6.07 Å². The zero-order valence-corrected chi connectivity index (χ0v) is 9.88. The summed E-state index contributed by atoms with van der Waals surface area (Å²) in [6, 6.07) is 1.37. The van der Waals surface area contributed by atoms with E-state index in [1.807, 2.05) is 6.92 Å². The zero-order chi connectivity index (χ0) is 11.8. The van der Waals surface area contributed by atoms with E-state index in [2.05, 4.69) is 22.2 Å². The molecule has 0 spiro atoms. The smallest absolute Gasteiger partial charge is 0.254 e. The van der Waals surface area contributed by atoms with Crippen LogP contribution in [0.5, 0.6) is 5.88 Å². The lowest BCUT2D eigenvalue weighted by atomic mass is 10.4. The first-order valence-electron chi connectivity index (χ1n) is 5.70. The minimum atomic E-state index is -0.164. The molecule has 0 aliphatic rings. The van der Waals surface area contributed by atoms with Gasteiger partial charge >= 0.3 is 0 Å². The van der Waals surface area contributed by atoms with Crippen molar-refractivity contribution in [2.24, 2.45) is 0 Å². The van der Waals surface area contributed by atoms with Crippen molar-refractivity contribution in [2.45, 2.75) is 26.7 Å². The van der Waals surface area contributed by atoms with Crippen LogP contribution in [-0.4, -0.2) is 29.7 Å². The number of H-pyrrole nitrogens is 1. The quantitative estimate of drug-likeness (QED) is 0.671. The van der Waals surface area contributed by atoms with Crippen molar-refractivity contribution in [3.63, 3.8) is 0 Å². The van der Waals surface area contributed by atoms with Gasteiger partial charge in [0.15, 0.2) is 0 Å². The lowest BCUT2D eigenvalue weighted by Gasteiger charge is -2.06. The Morgan fingerprint density at radius 2 is 2.25 bits per heavy atom. The molecule has 1 heterocycles. The molecule has 2 N–H and O–H groups in total. The largest absolute Gasteiger partial charge is 0.476 e. The molecule has 0 saturated heterocycles. The summed E-state index contributed by atoms with van der Waals surface area (Å²) in [7, 11) is 0. The standard InChI is InChI=1S/C11H19N3O2/c1-3-5-12-6-7-16-11-8-10(15)13-9(4-2)14-11/h8,12H,3-7H2,1-2H3,(H,13,14,15). The van der Waals surface area contributed by atoms with Gasteiger partial charge in [-0.25, -0.2) is 4.98 Å². The maximum Gasteiger partial charge on any atom is 0.254 e. The summed E-state index contributed by atoms with van der Waals surface area (Å²) in [5.41, 5.74) is -0.164. The molecule has 1 aromatic heterocycles. The van der Waals surface area contributed by atoms with Gasteiger partial charge in [-0.2, -0.15) is 0 Å². The average molecular weight is 225 g/mol. The molecule has 1 aromatic rings. The van der Waals surface area contributed by atoms with E-state index >= 15 is 0 Å². The number of nitrogens with zero attached hydrogens (tertiary/aromatic N) is 1. The van der Waals surface area contributed by atoms with Crippen molar-refractivity contribution in [2.75, 3.05) is 19.7 Å². The summed E-state index contributed by atoms with van der Waals surface area (Å²) in [5.74, 6) is 1.06. The number of hydrogen-bond donors (Lipinski definition) is 2. The predicted octanol–water partition coefficient (Wildman–Crippen LogP) is 0.711. The van der Waals surface area contributed by atoms with Crippen molar-refractivity contribution < 1.29 is 4.74 Å². The fraction of sp³-hybridized carbons (Fsp3) is 0.636. The molecule has 0 aromatic carbocycles. The number of hydrogen-bond acceptors (Lipinski definition) is 4. The number of aromatic amines is 1. The Balaban J connectivity index is 2.41. The summed E-state index contributed by atoms with van der Waals surface area (Å²) in [5, 5.41) is 3.21. The number of aryl methyl sites for hydroxylation is 1. The van der Waals surface area contributed by atoms with E-state index in [1.54, 1.807) is 0 Å². The molecule has 0 fully saturated rings. The Hall–Kier alpha value is -1.36. The van der Waals surface area contributed by atoms with Gasteiger partial charge in [0.2, 0.25) is 5.88 Å². The maximum atomic E-state index is 11.2. The molecule has 0 atom stereocenters. The van der Waals surface area contributed by atoms with Gasteiger partial charge in [-0.15, -0.1) is 0 Å². The van der Waals surface area contributed by atoms with Gasteiger partial charge in [0.1, 0.15) is 12.4 Å². The molecular formula is C11H19N3O2. The fourth-order valence-corrected chi connectivity index (χ4v) is 1.25. The predicted molar refractivity (Wildman–Crippen MR) is 62.9 cm³/mol. The normalized spacial score (nSPS) is 10.4. The Morgan fingerprint density at radius 3 is 2.94 bits per heavy atom. The Morgan fingerprint density at radius 1 is 1.44 bits per heavy atom. The van der Waals surface area contributed by atoms with Crippen molar-refractivity contribution in [3.05, 3.63) is 22.2 Å². The van der Waals surface area contributed by atoms with Crippen LogP contribution in [0.25, 0.3) is 0 Å². The molecular weight excluding hydrogens is 206 g/mol.